The summed E-state index contributed by atoms with van der Waals surface area (Å²) >= 11 is 6.10. The number of carboxylic acid groups (broad SMARTS) is 1. The summed E-state index contributed by atoms with van der Waals surface area (Å²) in [4.78, 5) is 10.5. The van der Waals surface area contributed by atoms with Gasteiger partial charge in [0.25, 0.3) is 0 Å². The van der Waals surface area contributed by atoms with Gasteiger partial charge >= 0.3 is 12.3 Å². The van der Waals surface area contributed by atoms with Gasteiger partial charge in [-0.05, 0) is 54.8 Å². The van der Waals surface area contributed by atoms with Crippen molar-refractivity contribution in [3.8, 4) is 22.6 Å². The van der Waals surface area contributed by atoms with Gasteiger partial charge in [-0.25, -0.2) is 0 Å². The van der Waals surface area contributed by atoms with E-state index in [0.717, 1.165) is 11.6 Å². The number of halogens is 4. The predicted octanol–water partition coefficient (Wildman–Crippen LogP) is 5.46. The summed E-state index contributed by atoms with van der Waals surface area (Å²) in [5.41, 5.74) is 1.75. The zero-order valence-corrected chi connectivity index (χ0v) is 14.5. The first kappa shape index (κ1) is 19.9. The highest BCUT2D eigenvalue weighted by Crippen LogP contribution is 2.35. The van der Waals surface area contributed by atoms with Gasteiger partial charge < -0.3 is 14.6 Å². The summed E-state index contributed by atoms with van der Waals surface area (Å²) in [5.74, 6) is -0.683. The van der Waals surface area contributed by atoms with Crippen molar-refractivity contribution in [3.63, 3.8) is 0 Å². The number of aryl methyl sites for hydroxylation is 1. The third kappa shape index (κ3) is 5.84. The number of benzene rings is 2. The molecule has 2 aromatic carbocycles. The van der Waals surface area contributed by atoms with E-state index in [2.05, 4.69) is 4.74 Å². The minimum atomic E-state index is -4.78. The number of carbonyl (C=O) groups is 1. The molecule has 0 bridgehead atoms. The largest absolute Gasteiger partial charge is 0.573 e. The Labute approximate surface area is 153 Å². The van der Waals surface area contributed by atoms with Gasteiger partial charge in [0.1, 0.15) is 11.5 Å². The molecule has 0 amide bonds. The maximum atomic E-state index is 12.4. The van der Waals surface area contributed by atoms with E-state index in [4.69, 9.17) is 21.4 Å². The number of aliphatic carboxylic acids is 1. The molecule has 2 aromatic rings. The molecule has 0 aliphatic rings. The van der Waals surface area contributed by atoms with E-state index >= 15 is 0 Å². The summed E-state index contributed by atoms with van der Waals surface area (Å²) < 4.78 is 46.6. The molecule has 0 aromatic heterocycles. The maximum Gasteiger partial charge on any atom is 0.573 e. The van der Waals surface area contributed by atoms with Gasteiger partial charge in [-0.3, -0.25) is 4.79 Å². The molecule has 0 unspecified atom stereocenters. The second-order valence-electron chi connectivity index (χ2n) is 5.52. The topological polar surface area (TPSA) is 55.8 Å². The quantitative estimate of drug-likeness (QED) is 0.640. The Hall–Kier alpha value is -2.41. The number of alkyl halides is 3. The molecule has 0 aliphatic carbocycles. The van der Waals surface area contributed by atoms with Gasteiger partial charge in [-0.1, -0.05) is 17.7 Å². The molecule has 140 valence electrons. The lowest BCUT2D eigenvalue weighted by Gasteiger charge is -2.13. The molecule has 0 saturated carbocycles. The Bertz CT molecular complexity index is 790. The number of carboxylic acids is 1. The van der Waals surface area contributed by atoms with Crippen LogP contribution in [0.4, 0.5) is 13.2 Å². The fourth-order valence-electron chi connectivity index (χ4n) is 2.31. The van der Waals surface area contributed by atoms with Crippen molar-refractivity contribution in [2.24, 2.45) is 0 Å². The van der Waals surface area contributed by atoms with Crippen molar-refractivity contribution in [2.75, 3.05) is 6.61 Å². The molecule has 4 nitrogen and oxygen atoms in total. The average Bonchev–Trinajstić information content (AvgIpc) is 2.53. The second-order valence-corrected chi connectivity index (χ2v) is 5.92. The lowest BCUT2D eigenvalue weighted by Crippen LogP contribution is -2.17. The highest BCUT2D eigenvalue weighted by Gasteiger charge is 2.31. The molecular formula is C18H16ClF3O4. The molecular weight excluding hydrogens is 373 g/mol. The average molecular weight is 389 g/mol. The highest BCUT2D eigenvalue weighted by molar-refractivity contribution is 6.33. The third-order valence-corrected chi connectivity index (χ3v) is 3.78. The van der Waals surface area contributed by atoms with Crippen LogP contribution < -0.4 is 9.47 Å². The molecule has 0 atom stereocenters. The Kier molecular flexibility index (Phi) is 6.37. The standard InChI is InChI=1S/C18H16ClF3O4/c1-11-9-12(4-7-16(11)25-8-2-3-17(23)24)14-10-13(5-6-15(14)19)26-18(20,21)22/h4-7,9-10H,2-3,8H2,1H3,(H,23,24). The summed E-state index contributed by atoms with van der Waals surface area (Å²) in [6, 6.07) is 8.76. The van der Waals surface area contributed by atoms with Crippen LogP contribution in [0.3, 0.4) is 0 Å². The van der Waals surface area contributed by atoms with Crippen molar-refractivity contribution in [3.05, 3.63) is 47.0 Å². The number of rotatable bonds is 7. The molecule has 0 radical (unpaired) electrons. The van der Waals surface area contributed by atoms with E-state index in [1.807, 2.05) is 0 Å². The number of hydrogen-bond acceptors (Lipinski definition) is 3. The monoisotopic (exact) mass is 388 g/mol. The first-order valence-electron chi connectivity index (χ1n) is 7.66. The Morgan fingerprint density at radius 2 is 1.92 bits per heavy atom. The van der Waals surface area contributed by atoms with E-state index in [9.17, 15) is 18.0 Å². The fourth-order valence-corrected chi connectivity index (χ4v) is 2.53. The van der Waals surface area contributed by atoms with Crippen LogP contribution in [0.15, 0.2) is 36.4 Å². The zero-order chi connectivity index (χ0) is 19.3. The zero-order valence-electron chi connectivity index (χ0n) is 13.8. The van der Waals surface area contributed by atoms with Gasteiger partial charge in [-0.15, -0.1) is 13.2 Å². The Morgan fingerprint density at radius 1 is 1.19 bits per heavy atom. The first-order valence-corrected chi connectivity index (χ1v) is 8.04. The van der Waals surface area contributed by atoms with Crippen molar-refractivity contribution in [1.29, 1.82) is 0 Å². The first-order chi connectivity index (χ1) is 12.2. The van der Waals surface area contributed by atoms with Crippen molar-refractivity contribution in [1.82, 2.24) is 0 Å². The van der Waals surface area contributed by atoms with Crippen molar-refractivity contribution < 1.29 is 32.5 Å². The molecule has 2 rings (SSSR count). The summed E-state index contributed by atoms with van der Waals surface area (Å²) in [6.07, 6.45) is -4.40. The van der Waals surface area contributed by atoms with E-state index in [1.165, 1.54) is 12.1 Å². The minimum Gasteiger partial charge on any atom is -0.493 e. The Balaban J connectivity index is 2.17. The predicted molar refractivity (Wildman–Crippen MR) is 90.7 cm³/mol. The highest BCUT2D eigenvalue weighted by atomic mass is 35.5. The van der Waals surface area contributed by atoms with Gasteiger partial charge in [0.05, 0.1) is 6.61 Å². The van der Waals surface area contributed by atoms with Crippen molar-refractivity contribution >= 4 is 17.6 Å². The van der Waals surface area contributed by atoms with Crippen LogP contribution in [0.1, 0.15) is 18.4 Å². The van der Waals surface area contributed by atoms with E-state index < -0.39 is 12.3 Å². The third-order valence-electron chi connectivity index (χ3n) is 3.45. The molecule has 0 heterocycles. The summed E-state index contributed by atoms with van der Waals surface area (Å²) in [6.45, 7) is 2.03. The van der Waals surface area contributed by atoms with Crippen LogP contribution in [-0.2, 0) is 4.79 Å². The number of hydrogen-bond donors (Lipinski definition) is 1. The maximum absolute atomic E-state index is 12.4. The summed E-state index contributed by atoms with van der Waals surface area (Å²) in [7, 11) is 0. The molecule has 0 saturated heterocycles. The molecule has 0 aliphatic heterocycles. The van der Waals surface area contributed by atoms with Crippen LogP contribution >= 0.6 is 11.6 Å². The van der Waals surface area contributed by atoms with Gasteiger partial charge in [0.2, 0.25) is 0 Å². The normalized spacial score (nSPS) is 11.3. The van der Waals surface area contributed by atoms with Crippen LogP contribution in [0.2, 0.25) is 5.02 Å². The molecule has 8 heteroatoms. The molecule has 1 N–H and O–H groups in total. The fraction of sp³-hybridized carbons (Fsp3) is 0.278. The summed E-state index contributed by atoms with van der Waals surface area (Å²) in [5, 5.41) is 8.88. The van der Waals surface area contributed by atoms with Crippen LogP contribution in [0, 0.1) is 6.92 Å². The smallest absolute Gasteiger partial charge is 0.493 e. The number of ether oxygens (including phenoxy) is 2. The Morgan fingerprint density at radius 3 is 2.54 bits per heavy atom. The van der Waals surface area contributed by atoms with Crippen LogP contribution in [-0.4, -0.2) is 24.0 Å². The molecule has 0 spiro atoms. The second kappa shape index (κ2) is 8.31. The lowest BCUT2D eigenvalue weighted by atomic mass is 10.0. The van der Waals surface area contributed by atoms with Gasteiger partial charge in [-0.2, -0.15) is 0 Å². The lowest BCUT2D eigenvalue weighted by molar-refractivity contribution is -0.274. The molecule has 26 heavy (non-hydrogen) atoms. The minimum absolute atomic E-state index is 0.0126. The van der Waals surface area contributed by atoms with E-state index in [1.54, 1.807) is 25.1 Å². The van der Waals surface area contributed by atoms with E-state index in [-0.39, 0.29) is 23.8 Å². The van der Waals surface area contributed by atoms with E-state index in [0.29, 0.717) is 23.3 Å². The van der Waals surface area contributed by atoms with Gasteiger partial charge in [0, 0.05) is 17.0 Å². The van der Waals surface area contributed by atoms with Gasteiger partial charge in [0.15, 0.2) is 0 Å². The van der Waals surface area contributed by atoms with Crippen LogP contribution in [0.5, 0.6) is 11.5 Å². The SMILES string of the molecule is Cc1cc(-c2cc(OC(F)(F)F)ccc2Cl)ccc1OCCCC(=O)O. The van der Waals surface area contributed by atoms with Crippen LogP contribution in [0.25, 0.3) is 11.1 Å². The molecule has 0 fully saturated rings. The van der Waals surface area contributed by atoms with Crippen molar-refractivity contribution in [2.45, 2.75) is 26.1 Å².